The van der Waals surface area contributed by atoms with E-state index in [0.717, 1.165) is 0 Å². The van der Waals surface area contributed by atoms with Gasteiger partial charge in [0.25, 0.3) is 0 Å². The smallest absolute Gasteiger partial charge is 1.00 e. The van der Waals surface area contributed by atoms with Crippen molar-refractivity contribution in [3.05, 3.63) is 0 Å². The molecule has 0 aliphatic heterocycles. The second-order valence-corrected chi connectivity index (χ2v) is 3.57. The van der Waals surface area contributed by atoms with Gasteiger partial charge < -0.3 is 27.0 Å². The van der Waals surface area contributed by atoms with Crippen LogP contribution >= 0.6 is 0 Å². The third-order valence-corrected chi connectivity index (χ3v) is 2.15. The number of hydrogen-bond acceptors (Lipinski definition) is 6. The van der Waals surface area contributed by atoms with Crippen LogP contribution in [-0.4, -0.2) is 79.5 Å². The number of hydrogen-bond donors (Lipinski definition) is 5. The molecule has 0 saturated heterocycles. The molecular formula is C9H14KNO9. The van der Waals surface area contributed by atoms with E-state index in [1.165, 1.54) is 0 Å². The van der Waals surface area contributed by atoms with Crippen molar-refractivity contribution in [2.24, 2.45) is 0 Å². The Morgan fingerprint density at radius 3 is 1.75 bits per heavy atom. The average Bonchev–Trinajstić information content (AvgIpc) is 2.24. The van der Waals surface area contributed by atoms with E-state index in [-0.39, 0.29) is 52.8 Å². The molecule has 20 heavy (non-hydrogen) atoms. The number of aliphatic hydroxyl groups excluding tert-OH is 1. The van der Waals surface area contributed by atoms with Crippen molar-refractivity contribution in [2.45, 2.75) is 18.6 Å². The molecule has 110 valence electrons. The minimum atomic E-state index is -2.37. The third kappa shape index (κ3) is 7.89. The average molecular weight is 319 g/mol. The number of aliphatic hydroxyl groups is 1. The van der Waals surface area contributed by atoms with Gasteiger partial charge in [0.05, 0.1) is 13.0 Å². The summed E-state index contributed by atoms with van der Waals surface area (Å²) in [7, 11) is 0. The molecule has 0 bridgehead atoms. The van der Waals surface area contributed by atoms with Gasteiger partial charge in [0.15, 0.2) is 6.10 Å². The molecule has 11 heteroatoms. The molecule has 0 rings (SSSR count). The molecule has 1 unspecified atom stereocenters. The molecular weight excluding hydrogens is 305 g/mol. The Kier molecular flexibility index (Phi) is 11.1. The molecule has 0 amide bonds. The van der Waals surface area contributed by atoms with Crippen LogP contribution in [0.5, 0.6) is 0 Å². The van der Waals surface area contributed by atoms with Crippen LogP contribution in [0.2, 0.25) is 0 Å². The Hall–Kier alpha value is -0.564. The van der Waals surface area contributed by atoms with E-state index < -0.39 is 55.5 Å². The fourth-order valence-electron chi connectivity index (χ4n) is 1.36. The first-order valence-corrected chi connectivity index (χ1v) is 4.98. The number of rotatable bonds is 9. The molecule has 0 saturated carbocycles. The summed E-state index contributed by atoms with van der Waals surface area (Å²) in [6, 6.07) is -2.05. The van der Waals surface area contributed by atoms with Gasteiger partial charge >= 0.3 is 75.3 Å². The van der Waals surface area contributed by atoms with Crippen molar-refractivity contribution in [1.82, 2.24) is 4.90 Å². The maximum atomic E-state index is 10.9. The minimum Gasteiger partial charge on any atom is -1.00 e. The van der Waals surface area contributed by atoms with Gasteiger partial charge in [-0.25, -0.2) is 4.79 Å². The first kappa shape index (κ1) is 21.7. The first-order valence-electron chi connectivity index (χ1n) is 4.98. The Balaban J connectivity index is -0.00000162. The normalized spacial score (nSPS) is 13.1. The van der Waals surface area contributed by atoms with Crippen molar-refractivity contribution < 1.29 is 97.5 Å². The molecule has 0 spiro atoms. The Labute approximate surface area is 156 Å². The van der Waals surface area contributed by atoms with Gasteiger partial charge in [0.1, 0.15) is 6.04 Å². The molecule has 0 heterocycles. The quantitative estimate of drug-likeness (QED) is 0.259. The van der Waals surface area contributed by atoms with Gasteiger partial charge in [0, 0.05) is 6.54 Å². The van der Waals surface area contributed by atoms with Gasteiger partial charge in [-0.2, -0.15) is 0 Å². The predicted molar refractivity (Wildman–Crippen MR) is 57.6 cm³/mol. The first-order chi connectivity index (χ1) is 8.66. The molecule has 0 aliphatic carbocycles. The maximum Gasteiger partial charge on any atom is 1.00 e. The van der Waals surface area contributed by atoms with E-state index in [1.54, 1.807) is 0 Å². The van der Waals surface area contributed by atoms with Crippen molar-refractivity contribution in [3.8, 4) is 0 Å². The molecule has 0 radical (unpaired) electrons. The van der Waals surface area contributed by atoms with Crippen LogP contribution in [0.15, 0.2) is 0 Å². The summed E-state index contributed by atoms with van der Waals surface area (Å²) in [5.41, 5.74) is 0. The van der Waals surface area contributed by atoms with Crippen LogP contribution in [-0.2, 0) is 19.2 Å². The van der Waals surface area contributed by atoms with E-state index in [2.05, 4.69) is 0 Å². The molecule has 10 nitrogen and oxygen atoms in total. The van der Waals surface area contributed by atoms with E-state index in [9.17, 15) is 24.3 Å². The predicted octanol–water partition coefficient (Wildman–Crippen LogP) is -5.14. The zero-order valence-corrected chi connectivity index (χ0v) is 13.7. The zero-order chi connectivity index (χ0) is 15.2. The van der Waals surface area contributed by atoms with Crippen molar-refractivity contribution in [3.63, 3.8) is 0 Å². The maximum absolute atomic E-state index is 10.9. The molecule has 2 atom stereocenters. The largest absolute Gasteiger partial charge is 1.00 e. The minimum absolute atomic E-state index is 0. The summed E-state index contributed by atoms with van der Waals surface area (Å²) in [4.78, 5) is 43.0. The van der Waals surface area contributed by atoms with Crippen LogP contribution < -0.4 is 51.4 Å². The van der Waals surface area contributed by atoms with Crippen LogP contribution in [0.3, 0.4) is 0 Å². The van der Waals surface area contributed by atoms with Gasteiger partial charge in [-0.15, -0.1) is 0 Å². The van der Waals surface area contributed by atoms with Crippen molar-refractivity contribution in [2.75, 3.05) is 13.1 Å². The van der Waals surface area contributed by atoms with Gasteiger partial charge in [-0.05, 0) is 0 Å². The standard InChI is InChI=1S/C9H13NO9.K.H/c11-4(12)1-2-10(3-5(13)14)6(8(16)17)7(15)9(18)19;;/h6-7,15H,1-3H2,(H,11,12)(H,13,14)(H,16,17)(H,18,19);;/q;+1;-1/t6-,7?;;/m0../s1. The molecule has 0 aromatic heterocycles. The second kappa shape index (κ2) is 10.2. The van der Waals surface area contributed by atoms with E-state index in [0.29, 0.717) is 4.90 Å². The monoisotopic (exact) mass is 319 g/mol. The molecule has 0 aliphatic rings. The number of carboxylic acids is 4. The molecule has 0 aromatic carbocycles. The third-order valence-electron chi connectivity index (χ3n) is 2.15. The number of nitrogens with zero attached hydrogens (tertiary/aromatic N) is 1. The Bertz CT molecular complexity index is 391. The van der Waals surface area contributed by atoms with Crippen LogP contribution in [0.4, 0.5) is 0 Å². The number of carboxylic acid groups (broad SMARTS) is 4. The van der Waals surface area contributed by atoms with E-state index in [4.69, 9.17) is 20.4 Å². The molecule has 5 N–H and O–H groups in total. The van der Waals surface area contributed by atoms with Crippen molar-refractivity contribution >= 4 is 23.9 Å². The summed E-state index contributed by atoms with van der Waals surface area (Å²) in [6.07, 6.45) is -2.96. The SMILES string of the molecule is O=C(O)CCN(CC(=O)O)[C@H](C(=O)O)C(O)C(=O)O.[H-].[K+]. The molecule has 0 aromatic rings. The summed E-state index contributed by atoms with van der Waals surface area (Å²) >= 11 is 0. The van der Waals surface area contributed by atoms with Gasteiger partial charge in [-0.3, -0.25) is 19.3 Å². The van der Waals surface area contributed by atoms with Gasteiger partial charge in [-0.1, -0.05) is 0 Å². The van der Waals surface area contributed by atoms with E-state index in [1.807, 2.05) is 0 Å². The summed E-state index contributed by atoms with van der Waals surface area (Å²) in [6.45, 7) is -1.43. The van der Waals surface area contributed by atoms with Gasteiger partial charge in [0.2, 0.25) is 0 Å². The Morgan fingerprint density at radius 2 is 1.45 bits per heavy atom. The number of aliphatic carboxylic acids is 4. The number of carbonyl (C=O) groups is 4. The Morgan fingerprint density at radius 1 is 0.950 bits per heavy atom. The van der Waals surface area contributed by atoms with Crippen LogP contribution in [0.25, 0.3) is 0 Å². The van der Waals surface area contributed by atoms with E-state index >= 15 is 0 Å². The fourth-order valence-corrected chi connectivity index (χ4v) is 1.36. The summed E-state index contributed by atoms with van der Waals surface area (Å²) in [5.74, 6) is -6.40. The topological polar surface area (TPSA) is 173 Å². The van der Waals surface area contributed by atoms with Crippen molar-refractivity contribution in [1.29, 1.82) is 0 Å². The van der Waals surface area contributed by atoms with Crippen LogP contribution in [0.1, 0.15) is 7.85 Å². The molecule has 0 fully saturated rings. The second-order valence-electron chi connectivity index (χ2n) is 3.57. The fraction of sp³-hybridized carbons (Fsp3) is 0.556. The zero-order valence-electron chi connectivity index (χ0n) is 11.6. The summed E-state index contributed by atoms with van der Waals surface area (Å²) < 4.78 is 0. The van der Waals surface area contributed by atoms with Crippen LogP contribution in [0, 0.1) is 0 Å². The summed E-state index contributed by atoms with van der Waals surface area (Å²) in [5, 5.41) is 43.7.